The van der Waals surface area contributed by atoms with Crippen LogP contribution in [0.4, 0.5) is 0 Å². The second-order valence-electron chi connectivity index (χ2n) is 12.1. The largest absolute Gasteiger partial charge is 0.0622 e. The van der Waals surface area contributed by atoms with Crippen molar-refractivity contribution >= 4 is 43.1 Å². The molecule has 0 spiro atoms. The maximum absolute atomic E-state index is 2.42. The molecule has 0 nitrogen and oxygen atoms in total. The summed E-state index contributed by atoms with van der Waals surface area (Å²) in [6.45, 7) is 0. The minimum Gasteiger partial charge on any atom is -0.0622 e. The third-order valence-electron chi connectivity index (χ3n) is 9.45. The van der Waals surface area contributed by atoms with Crippen molar-refractivity contribution in [1.29, 1.82) is 0 Å². The summed E-state index contributed by atoms with van der Waals surface area (Å²) >= 11 is 0. The first kappa shape index (κ1) is 26.4. The van der Waals surface area contributed by atoms with E-state index in [9.17, 15) is 0 Å². The second kappa shape index (κ2) is 10.9. The van der Waals surface area contributed by atoms with Gasteiger partial charge in [0.1, 0.15) is 0 Å². The average molecular weight is 583 g/mol. The molecule has 0 atom stereocenters. The van der Waals surface area contributed by atoms with Crippen LogP contribution in [0.1, 0.15) is 0 Å². The third-order valence-corrected chi connectivity index (χ3v) is 9.45. The highest BCUT2D eigenvalue weighted by Gasteiger charge is 2.19. The van der Waals surface area contributed by atoms with E-state index in [0.29, 0.717) is 0 Å². The number of benzene rings is 9. The molecule has 0 bridgehead atoms. The Bertz CT molecular complexity index is 2550. The standard InChI is InChI=1S/C46H30/c1-2-11-31(12-3-1)33-21-24-35(25-22-33)45-41-18-8-9-19-42(41)46(40-20-10-16-34-14-6-7-17-39(34)40)43-28-27-38(30-44(43)45)37-26-23-32-13-4-5-15-36(32)29-37/h1-30H. The summed E-state index contributed by atoms with van der Waals surface area (Å²) in [5, 5.41) is 10.1. The maximum atomic E-state index is 2.42. The fourth-order valence-corrected chi connectivity index (χ4v) is 7.23. The molecule has 0 aliphatic carbocycles. The van der Waals surface area contributed by atoms with E-state index in [1.165, 1.54) is 87.6 Å². The van der Waals surface area contributed by atoms with Gasteiger partial charge in [-0.1, -0.05) is 170 Å². The minimum atomic E-state index is 1.22. The lowest BCUT2D eigenvalue weighted by atomic mass is 9.83. The van der Waals surface area contributed by atoms with Crippen LogP contribution in [0.2, 0.25) is 0 Å². The molecule has 9 rings (SSSR count). The lowest BCUT2D eigenvalue weighted by Gasteiger charge is -2.20. The van der Waals surface area contributed by atoms with Gasteiger partial charge in [0.05, 0.1) is 0 Å². The van der Waals surface area contributed by atoms with Crippen molar-refractivity contribution in [2.45, 2.75) is 0 Å². The highest BCUT2D eigenvalue weighted by atomic mass is 14.2. The summed E-state index contributed by atoms with van der Waals surface area (Å²) in [6, 6.07) is 66.6. The molecule has 0 heterocycles. The molecule has 0 radical (unpaired) electrons. The lowest BCUT2D eigenvalue weighted by Crippen LogP contribution is -1.92. The van der Waals surface area contributed by atoms with E-state index in [0.717, 1.165) is 0 Å². The predicted molar refractivity (Wildman–Crippen MR) is 198 cm³/mol. The van der Waals surface area contributed by atoms with Crippen molar-refractivity contribution in [2.24, 2.45) is 0 Å². The van der Waals surface area contributed by atoms with E-state index < -0.39 is 0 Å². The van der Waals surface area contributed by atoms with E-state index in [-0.39, 0.29) is 0 Å². The van der Waals surface area contributed by atoms with Crippen molar-refractivity contribution in [3.8, 4) is 44.5 Å². The quantitative estimate of drug-likeness (QED) is 0.181. The summed E-state index contributed by atoms with van der Waals surface area (Å²) in [4.78, 5) is 0. The highest BCUT2D eigenvalue weighted by molar-refractivity contribution is 6.24. The maximum Gasteiger partial charge on any atom is -0.00201 e. The Morgan fingerprint density at radius 1 is 0.217 bits per heavy atom. The van der Waals surface area contributed by atoms with Gasteiger partial charge in [-0.15, -0.1) is 0 Å². The minimum absolute atomic E-state index is 1.22. The number of hydrogen-bond donors (Lipinski definition) is 0. The van der Waals surface area contributed by atoms with E-state index >= 15 is 0 Å². The molecule has 0 aliphatic rings. The van der Waals surface area contributed by atoms with Crippen LogP contribution in [0.3, 0.4) is 0 Å². The van der Waals surface area contributed by atoms with Crippen LogP contribution in [0.25, 0.3) is 87.6 Å². The molecule has 0 N–H and O–H groups in total. The monoisotopic (exact) mass is 582 g/mol. The molecule has 0 unspecified atom stereocenters. The van der Waals surface area contributed by atoms with E-state index in [1.54, 1.807) is 0 Å². The van der Waals surface area contributed by atoms with Gasteiger partial charge in [0, 0.05) is 0 Å². The molecule has 0 saturated carbocycles. The molecule has 0 saturated heterocycles. The van der Waals surface area contributed by atoms with Gasteiger partial charge in [0.2, 0.25) is 0 Å². The van der Waals surface area contributed by atoms with Gasteiger partial charge in [-0.25, -0.2) is 0 Å². The molecular formula is C46H30. The zero-order chi connectivity index (χ0) is 30.5. The van der Waals surface area contributed by atoms with Crippen molar-refractivity contribution in [3.05, 3.63) is 182 Å². The first-order valence-electron chi connectivity index (χ1n) is 15.9. The van der Waals surface area contributed by atoms with Crippen LogP contribution < -0.4 is 0 Å². The van der Waals surface area contributed by atoms with Crippen LogP contribution in [0.15, 0.2) is 182 Å². The SMILES string of the molecule is c1ccc(-c2ccc(-c3c4ccccc4c(-c4cccc5ccccc45)c4ccc(-c5ccc6ccccc6c5)cc34)cc2)cc1. The lowest BCUT2D eigenvalue weighted by molar-refractivity contribution is 1.61. The Labute approximate surface area is 268 Å². The topological polar surface area (TPSA) is 0 Å². The van der Waals surface area contributed by atoms with Crippen molar-refractivity contribution < 1.29 is 0 Å². The van der Waals surface area contributed by atoms with E-state index in [2.05, 4.69) is 182 Å². The zero-order valence-electron chi connectivity index (χ0n) is 25.3. The molecule has 46 heavy (non-hydrogen) atoms. The summed E-state index contributed by atoms with van der Waals surface area (Å²) in [5.41, 5.74) is 9.96. The first-order valence-corrected chi connectivity index (χ1v) is 15.9. The Hall–Kier alpha value is -5.98. The Balaban J connectivity index is 1.36. The van der Waals surface area contributed by atoms with Gasteiger partial charge in [-0.2, -0.15) is 0 Å². The van der Waals surface area contributed by atoms with Crippen LogP contribution in [0.5, 0.6) is 0 Å². The summed E-state index contributed by atoms with van der Waals surface area (Å²) in [5.74, 6) is 0. The Morgan fingerprint density at radius 2 is 0.739 bits per heavy atom. The van der Waals surface area contributed by atoms with Crippen molar-refractivity contribution in [1.82, 2.24) is 0 Å². The van der Waals surface area contributed by atoms with Crippen molar-refractivity contribution in [2.75, 3.05) is 0 Å². The molecule has 0 fully saturated rings. The summed E-state index contributed by atoms with van der Waals surface area (Å²) in [6.07, 6.45) is 0. The normalized spacial score (nSPS) is 11.5. The zero-order valence-corrected chi connectivity index (χ0v) is 25.3. The smallest absolute Gasteiger partial charge is 0.00201 e. The summed E-state index contributed by atoms with van der Waals surface area (Å²) < 4.78 is 0. The van der Waals surface area contributed by atoms with E-state index in [4.69, 9.17) is 0 Å². The van der Waals surface area contributed by atoms with Gasteiger partial charge in [0.25, 0.3) is 0 Å². The Kier molecular flexibility index (Phi) is 6.25. The fraction of sp³-hybridized carbons (Fsp3) is 0. The van der Waals surface area contributed by atoms with Gasteiger partial charge in [0.15, 0.2) is 0 Å². The summed E-state index contributed by atoms with van der Waals surface area (Å²) in [7, 11) is 0. The van der Waals surface area contributed by atoms with Gasteiger partial charge in [-0.05, 0) is 99.7 Å². The molecule has 0 heteroatoms. The predicted octanol–water partition coefficient (Wildman–Crippen LogP) is 13.0. The van der Waals surface area contributed by atoms with Crippen molar-refractivity contribution in [3.63, 3.8) is 0 Å². The molecular weight excluding hydrogens is 553 g/mol. The number of fused-ring (bicyclic) bond motifs is 4. The molecule has 0 aromatic heterocycles. The van der Waals surface area contributed by atoms with Gasteiger partial charge in [-0.3, -0.25) is 0 Å². The molecule has 0 aliphatic heterocycles. The third kappa shape index (κ3) is 4.38. The molecule has 214 valence electrons. The highest BCUT2D eigenvalue weighted by Crippen LogP contribution is 2.46. The van der Waals surface area contributed by atoms with Crippen LogP contribution in [-0.4, -0.2) is 0 Å². The van der Waals surface area contributed by atoms with E-state index in [1.807, 2.05) is 0 Å². The first-order chi connectivity index (χ1) is 22.8. The van der Waals surface area contributed by atoms with Crippen LogP contribution in [0, 0.1) is 0 Å². The average Bonchev–Trinajstić information content (AvgIpc) is 3.14. The molecule has 9 aromatic carbocycles. The van der Waals surface area contributed by atoms with Crippen LogP contribution >= 0.6 is 0 Å². The fourth-order valence-electron chi connectivity index (χ4n) is 7.23. The second-order valence-corrected chi connectivity index (χ2v) is 12.1. The number of hydrogen-bond acceptors (Lipinski definition) is 0. The Morgan fingerprint density at radius 3 is 1.54 bits per heavy atom. The van der Waals surface area contributed by atoms with Gasteiger partial charge < -0.3 is 0 Å². The molecule has 0 amide bonds. The number of rotatable bonds is 4. The van der Waals surface area contributed by atoms with Crippen LogP contribution in [-0.2, 0) is 0 Å². The molecule has 9 aromatic rings. The van der Waals surface area contributed by atoms with Gasteiger partial charge >= 0.3 is 0 Å².